The lowest BCUT2D eigenvalue weighted by Crippen LogP contribution is -1.97. The van der Waals surface area contributed by atoms with E-state index in [9.17, 15) is 0 Å². The standard InChI is InChI=1S/C17H15ClN2O4/c1-21-13-7-14(22-2)9-15(8-13)23-10-16-19-17(20-24-16)11-3-5-12(18)6-4-11/h3-9H,10H2,1-2H3. The van der Waals surface area contributed by atoms with Crippen molar-refractivity contribution in [2.75, 3.05) is 14.2 Å². The fraction of sp³-hybridized carbons (Fsp3) is 0.176. The first-order valence-corrected chi connectivity index (χ1v) is 7.50. The third-order valence-electron chi connectivity index (χ3n) is 3.26. The quantitative estimate of drug-likeness (QED) is 0.672. The second-order valence-electron chi connectivity index (χ2n) is 4.86. The van der Waals surface area contributed by atoms with Crippen molar-refractivity contribution in [2.24, 2.45) is 0 Å². The van der Waals surface area contributed by atoms with Crippen LogP contribution in [0.25, 0.3) is 11.4 Å². The molecule has 1 aromatic heterocycles. The molecule has 0 radical (unpaired) electrons. The first kappa shape index (κ1) is 16.1. The molecule has 0 fully saturated rings. The molecule has 3 rings (SSSR count). The molecule has 0 saturated heterocycles. The molecule has 6 nitrogen and oxygen atoms in total. The maximum absolute atomic E-state index is 5.87. The smallest absolute Gasteiger partial charge is 0.264 e. The van der Waals surface area contributed by atoms with Gasteiger partial charge in [-0.25, -0.2) is 0 Å². The Morgan fingerprint density at radius 1 is 0.958 bits per heavy atom. The number of rotatable bonds is 6. The van der Waals surface area contributed by atoms with Crippen LogP contribution < -0.4 is 14.2 Å². The average molecular weight is 347 g/mol. The Hall–Kier alpha value is -2.73. The van der Waals surface area contributed by atoms with Crippen molar-refractivity contribution in [3.05, 3.63) is 53.4 Å². The molecule has 124 valence electrons. The summed E-state index contributed by atoms with van der Waals surface area (Å²) in [6.45, 7) is 0.136. The Bertz CT molecular complexity index is 795. The van der Waals surface area contributed by atoms with E-state index in [1.807, 2.05) is 12.1 Å². The van der Waals surface area contributed by atoms with Crippen LogP contribution in [-0.2, 0) is 6.61 Å². The average Bonchev–Trinajstić information content (AvgIpc) is 3.09. The van der Waals surface area contributed by atoms with Gasteiger partial charge in [0.05, 0.1) is 14.2 Å². The van der Waals surface area contributed by atoms with E-state index in [4.69, 9.17) is 30.3 Å². The van der Waals surface area contributed by atoms with Crippen molar-refractivity contribution >= 4 is 11.6 Å². The van der Waals surface area contributed by atoms with Crippen molar-refractivity contribution in [2.45, 2.75) is 6.61 Å². The van der Waals surface area contributed by atoms with Crippen LogP contribution in [-0.4, -0.2) is 24.4 Å². The van der Waals surface area contributed by atoms with Crippen LogP contribution in [0.2, 0.25) is 5.02 Å². The van der Waals surface area contributed by atoms with Gasteiger partial charge in [-0.15, -0.1) is 0 Å². The van der Waals surface area contributed by atoms with E-state index in [2.05, 4.69) is 10.1 Å². The number of aromatic nitrogens is 2. The maximum atomic E-state index is 5.87. The number of hydrogen-bond donors (Lipinski definition) is 0. The van der Waals surface area contributed by atoms with Gasteiger partial charge in [0.15, 0.2) is 6.61 Å². The molecule has 0 aliphatic rings. The van der Waals surface area contributed by atoms with E-state index in [1.54, 1.807) is 44.6 Å². The van der Waals surface area contributed by atoms with Gasteiger partial charge >= 0.3 is 0 Å². The van der Waals surface area contributed by atoms with E-state index in [1.165, 1.54) is 0 Å². The molecule has 0 spiro atoms. The zero-order valence-corrected chi connectivity index (χ0v) is 13.9. The first-order chi connectivity index (χ1) is 11.7. The SMILES string of the molecule is COc1cc(OC)cc(OCc2nc(-c3ccc(Cl)cc3)no2)c1. The minimum Gasteiger partial charge on any atom is -0.496 e. The van der Waals surface area contributed by atoms with Crippen LogP contribution in [0.5, 0.6) is 17.2 Å². The number of benzene rings is 2. The summed E-state index contributed by atoms with van der Waals surface area (Å²) in [6, 6.07) is 12.4. The van der Waals surface area contributed by atoms with Crippen molar-refractivity contribution in [3.8, 4) is 28.6 Å². The third kappa shape index (κ3) is 3.78. The Kier molecular flexibility index (Phi) is 4.86. The van der Waals surface area contributed by atoms with Gasteiger partial charge in [-0.3, -0.25) is 0 Å². The Morgan fingerprint density at radius 2 is 1.58 bits per heavy atom. The van der Waals surface area contributed by atoms with Gasteiger partial charge in [0.1, 0.15) is 17.2 Å². The molecule has 0 amide bonds. The topological polar surface area (TPSA) is 66.6 Å². The van der Waals surface area contributed by atoms with Gasteiger partial charge in [0, 0.05) is 28.8 Å². The van der Waals surface area contributed by atoms with E-state index in [0.29, 0.717) is 34.0 Å². The van der Waals surface area contributed by atoms with E-state index in [0.717, 1.165) is 5.56 Å². The van der Waals surface area contributed by atoms with Gasteiger partial charge in [-0.2, -0.15) is 4.98 Å². The minimum atomic E-state index is 0.136. The van der Waals surface area contributed by atoms with Crippen LogP contribution in [0, 0.1) is 0 Å². The summed E-state index contributed by atoms with van der Waals surface area (Å²) in [5.41, 5.74) is 0.817. The van der Waals surface area contributed by atoms with Gasteiger partial charge in [0.2, 0.25) is 5.82 Å². The summed E-state index contributed by atoms with van der Waals surface area (Å²) < 4.78 is 21.3. The first-order valence-electron chi connectivity index (χ1n) is 7.12. The molecule has 2 aromatic carbocycles. The Morgan fingerprint density at radius 3 is 2.21 bits per heavy atom. The Balaban J connectivity index is 1.70. The van der Waals surface area contributed by atoms with Gasteiger partial charge < -0.3 is 18.7 Å². The molecule has 0 N–H and O–H groups in total. The van der Waals surface area contributed by atoms with Gasteiger partial charge in [0.25, 0.3) is 5.89 Å². The lowest BCUT2D eigenvalue weighted by atomic mass is 10.2. The zero-order valence-electron chi connectivity index (χ0n) is 13.2. The maximum Gasteiger partial charge on any atom is 0.264 e. The summed E-state index contributed by atoms with van der Waals surface area (Å²) in [7, 11) is 3.16. The lowest BCUT2D eigenvalue weighted by molar-refractivity contribution is 0.241. The van der Waals surface area contributed by atoms with Crippen molar-refractivity contribution in [1.82, 2.24) is 10.1 Å². The van der Waals surface area contributed by atoms with Crippen LogP contribution in [0.15, 0.2) is 47.0 Å². The summed E-state index contributed by atoms with van der Waals surface area (Å²) in [6.07, 6.45) is 0. The second kappa shape index (κ2) is 7.23. The van der Waals surface area contributed by atoms with Crippen LogP contribution in [0.1, 0.15) is 5.89 Å². The zero-order chi connectivity index (χ0) is 16.9. The molecule has 0 saturated carbocycles. The molecule has 0 bridgehead atoms. The van der Waals surface area contributed by atoms with Gasteiger partial charge in [-0.1, -0.05) is 16.8 Å². The molecule has 0 aliphatic heterocycles. The second-order valence-corrected chi connectivity index (χ2v) is 5.29. The molecule has 3 aromatic rings. The number of hydrogen-bond acceptors (Lipinski definition) is 6. The highest BCUT2D eigenvalue weighted by atomic mass is 35.5. The third-order valence-corrected chi connectivity index (χ3v) is 3.51. The normalized spacial score (nSPS) is 10.5. The fourth-order valence-corrected chi connectivity index (χ4v) is 2.17. The van der Waals surface area contributed by atoms with E-state index >= 15 is 0 Å². The fourth-order valence-electron chi connectivity index (χ4n) is 2.04. The molecule has 7 heteroatoms. The molecular formula is C17H15ClN2O4. The number of halogens is 1. The number of methoxy groups -OCH3 is 2. The van der Waals surface area contributed by atoms with E-state index < -0.39 is 0 Å². The minimum absolute atomic E-state index is 0.136. The monoisotopic (exact) mass is 346 g/mol. The van der Waals surface area contributed by atoms with Crippen molar-refractivity contribution in [3.63, 3.8) is 0 Å². The summed E-state index contributed by atoms with van der Waals surface area (Å²) in [5.74, 6) is 2.70. The van der Waals surface area contributed by atoms with Crippen LogP contribution in [0.4, 0.5) is 0 Å². The molecule has 0 atom stereocenters. The highest BCUT2D eigenvalue weighted by Gasteiger charge is 2.10. The number of nitrogens with zero attached hydrogens (tertiary/aromatic N) is 2. The summed E-state index contributed by atoms with van der Waals surface area (Å²) in [5, 5.41) is 4.59. The predicted molar refractivity (Wildman–Crippen MR) is 88.6 cm³/mol. The highest BCUT2D eigenvalue weighted by Crippen LogP contribution is 2.28. The molecule has 24 heavy (non-hydrogen) atoms. The van der Waals surface area contributed by atoms with Crippen LogP contribution >= 0.6 is 11.6 Å². The highest BCUT2D eigenvalue weighted by molar-refractivity contribution is 6.30. The Labute approximate surface area is 143 Å². The van der Waals surface area contributed by atoms with Gasteiger partial charge in [-0.05, 0) is 24.3 Å². The number of ether oxygens (including phenoxy) is 3. The van der Waals surface area contributed by atoms with Crippen molar-refractivity contribution in [1.29, 1.82) is 0 Å². The van der Waals surface area contributed by atoms with E-state index in [-0.39, 0.29) is 6.61 Å². The molecule has 0 unspecified atom stereocenters. The van der Waals surface area contributed by atoms with Crippen molar-refractivity contribution < 1.29 is 18.7 Å². The summed E-state index contributed by atoms with van der Waals surface area (Å²) in [4.78, 5) is 4.30. The molecule has 1 heterocycles. The lowest BCUT2D eigenvalue weighted by Gasteiger charge is -2.08. The molecular weight excluding hydrogens is 332 g/mol. The van der Waals surface area contributed by atoms with Crippen LogP contribution in [0.3, 0.4) is 0 Å². The largest absolute Gasteiger partial charge is 0.496 e. The molecule has 0 aliphatic carbocycles. The summed E-state index contributed by atoms with van der Waals surface area (Å²) >= 11 is 5.87. The predicted octanol–water partition coefficient (Wildman–Crippen LogP) is 3.99.